The van der Waals surface area contributed by atoms with E-state index >= 15 is 0 Å². The normalized spacial score (nSPS) is 13.6. The number of hydrogen-bond donors (Lipinski definition) is 1. The third-order valence-corrected chi connectivity index (χ3v) is 2.98. The molecular formula is C16H18FNO2. The average Bonchev–Trinajstić information content (AvgIpc) is 2.45. The van der Waals surface area contributed by atoms with E-state index in [0.717, 1.165) is 11.3 Å². The topological polar surface area (TPSA) is 44.5 Å². The number of rotatable bonds is 5. The van der Waals surface area contributed by atoms with Crippen LogP contribution in [0, 0.1) is 5.82 Å². The van der Waals surface area contributed by atoms with Crippen molar-refractivity contribution in [2.75, 3.05) is 7.11 Å². The lowest BCUT2D eigenvalue weighted by atomic mass is 10.0. The van der Waals surface area contributed by atoms with Gasteiger partial charge in [0.15, 0.2) is 0 Å². The maximum Gasteiger partial charge on any atom is 0.138 e. The summed E-state index contributed by atoms with van der Waals surface area (Å²) in [6.07, 6.45) is -0.345. The molecule has 0 spiro atoms. The zero-order chi connectivity index (χ0) is 14.5. The monoisotopic (exact) mass is 275 g/mol. The van der Waals surface area contributed by atoms with Crippen LogP contribution in [0.25, 0.3) is 0 Å². The third kappa shape index (κ3) is 3.48. The highest BCUT2D eigenvalue weighted by molar-refractivity contribution is 5.31. The molecule has 0 heterocycles. The van der Waals surface area contributed by atoms with Crippen molar-refractivity contribution >= 4 is 0 Å². The quantitative estimate of drug-likeness (QED) is 0.910. The Morgan fingerprint density at radius 2 is 1.75 bits per heavy atom. The first kappa shape index (κ1) is 14.3. The van der Waals surface area contributed by atoms with Gasteiger partial charge in [0.2, 0.25) is 0 Å². The first-order chi connectivity index (χ1) is 9.60. The molecule has 0 bridgehead atoms. The summed E-state index contributed by atoms with van der Waals surface area (Å²) in [5.41, 5.74) is 6.90. The Bertz CT molecular complexity index is 555. The van der Waals surface area contributed by atoms with Crippen LogP contribution in [0.4, 0.5) is 4.39 Å². The summed E-state index contributed by atoms with van der Waals surface area (Å²) in [5, 5.41) is 0. The molecule has 106 valence electrons. The van der Waals surface area contributed by atoms with E-state index < -0.39 is 0 Å². The van der Waals surface area contributed by atoms with E-state index in [-0.39, 0.29) is 18.0 Å². The Morgan fingerprint density at radius 3 is 2.30 bits per heavy atom. The van der Waals surface area contributed by atoms with E-state index in [9.17, 15) is 4.39 Å². The first-order valence-electron chi connectivity index (χ1n) is 6.42. The molecule has 0 radical (unpaired) electrons. The van der Waals surface area contributed by atoms with Gasteiger partial charge in [0, 0.05) is 12.1 Å². The minimum absolute atomic E-state index is 0.230. The molecule has 2 aromatic rings. The molecule has 2 N–H and O–H groups in total. The molecule has 0 fully saturated rings. The second-order valence-electron chi connectivity index (χ2n) is 4.63. The second-order valence-corrected chi connectivity index (χ2v) is 4.63. The Morgan fingerprint density at radius 1 is 1.05 bits per heavy atom. The van der Waals surface area contributed by atoms with E-state index in [1.54, 1.807) is 19.2 Å². The molecule has 2 atom stereocenters. The van der Waals surface area contributed by atoms with E-state index in [4.69, 9.17) is 15.2 Å². The summed E-state index contributed by atoms with van der Waals surface area (Å²) in [5.74, 6) is 0.895. The molecule has 0 saturated heterocycles. The Kier molecular flexibility index (Phi) is 4.58. The Balaban J connectivity index is 2.22. The molecule has 0 amide bonds. The molecule has 3 nitrogen and oxygen atoms in total. The van der Waals surface area contributed by atoms with Gasteiger partial charge in [-0.15, -0.1) is 0 Å². The van der Waals surface area contributed by atoms with Crippen LogP contribution in [0.1, 0.15) is 18.6 Å². The van der Waals surface area contributed by atoms with Crippen molar-refractivity contribution < 1.29 is 13.9 Å². The van der Waals surface area contributed by atoms with Crippen LogP contribution in [-0.2, 0) is 0 Å². The minimum Gasteiger partial charge on any atom is -0.497 e. The first-order valence-corrected chi connectivity index (χ1v) is 6.42. The van der Waals surface area contributed by atoms with Gasteiger partial charge in [-0.2, -0.15) is 0 Å². The predicted molar refractivity (Wildman–Crippen MR) is 76.4 cm³/mol. The highest BCUT2D eigenvalue weighted by Gasteiger charge is 2.18. The van der Waals surface area contributed by atoms with Crippen LogP contribution in [0.15, 0.2) is 48.5 Å². The second kappa shape index (κ2) is 6.39. The number of ether oxygens (including phenoxy) is 2. The van der Waals surface area contributed by atoms with Gasteiger partial charge < -0.3 is 15.2 Å². The van der Waals surface area contributed by atoms with Crippen molar-refractivity contribution in [3.8, 4) is 11.5 Å². The van der Waals surface area contributed by atoms with Crippen molar-refractivity contribution in [3.63, 3.8) is 0 Å². The largest absolute Gasteiger partial charge is 0.497 e. The number of methoxy groups -OCH3 is 1. The molecule has 0 aromatic heterocycles. The highest BCUT2D eigenvalue weighted by Crippen LogP contribution is 2.26. The highest BCUT2D eigenvalue weighted by atomic mass is 19.1. The van der Waals surface area contributed by atoms with Crippen LogP contribution in [-0.4, -0.2) is 13.2 Å². The lowest BCUT2D eigenvalue weighted by Crippen LogP contribution is -2.29. The van der Waals surface area contributed by atoms with Crippen molar-refractivity contribution in [1.29, 1.82) is 0 Å². The van der Waals surface area contributed by atoms with Gasteiger partial charge in [-0.3, -0.25) is 0 Å². The standard InChI is InChI=1S/C16H18FNO2/c1-11(18)16(12-6-8-14(19-2)9-7-12)20-15-5-3-4-13(17)10-15/h3-11,16H,18H2,1-2H3. The molecule has 2 aromatic carbocycles. The fourth-order valence-electron chi connectivity index (χ4n) is 1.96. The summed E-state index contributed by atoms with van der Waals surface area (Å²) in [4.78, 5) is 0. The van der Waals surface area contributed by atoms with Crippen molar-refractivity contribution in [2.24, 2.45) is 5.73 Å². The fourth-order valence-corrected chi connectivity index (χ4v) is 1.96. The third-order valence-electron chi connectivity index (χ3n) is 2.98. The zero-order valence-electron chi connectivity index (χ0n) is 11.5. The van der Waals surface area contributed by atoms with Gasteiger partial charge in [0.25, 0.3) is 0 Å². The van der Waals surface area contributed by atoms with Crippen LogP contribution >= 0.6 is 0 Å². The summed E-state index contributed by atoms with van der Waals surface area (Å²) in [6, 6.07) is 13.3. The molecule has 2 rings (SSSR count). The van der Waals surface area contributed by atoms with Crippen LogP contribution < -0.4 is 15.2 Å². The van der Waals surface area contributed by atoms with Gasteiger partial charge in [-0.1, -0.05) is 18.2 Å². The maximum atomic E-state index is 13.2. The molecule has 0 aliphatic rings. The Labute approximate surface area is 118 Å². The van der Waals surface area contributed by atoms with Gasteiger partial charge in [-0.25, -0.2) is 4.39 Å². The molecule has 2 unspecified atom stereocenters. The predicted octanol–water partition coefficient (Wildman–Crippen LogP) is 3.30. The average molecular weight is 275 g/mol. The molecule has 20 heavy (non-hydrogen) atoms. The lowest BCUT2D eigenvalue weighted by Gasteiger charge is -2.23. The maximum absolute atomic E-state index is 13.2. The van der Waals surface area contributed by atoms with Crippen molar-refractivity contribution in [3.05, 3.63) is 59.9 Å². The number of benzene rings is 2. The SMILES string of the molecule is COc1ccc(C(Oc2cccc(F)c2)C(C)N)cc1. The summed E-state index contributed by atoms with van der Waals surface area (Å²) >= 11 is 0. The summed E-state index contributed by atoms with van der Waals surface area (Å²) < 4.78 is 24.1. The molecule has 0 saturated carbocycles. The fraction of sp³-hybridized carbons (Fsp3) is 0.250. The van der Waals surface area contributed by atoms with E-state index in [2.05, 4.69) is 0 Å². The van der Waals surface area contributed by atoms with Crippen molar-refractivity contribution in [2.45, 2.75) is 19.1 Å². The number of hydrogen-bond acceptors (Lipinski definition) is 3. The van der Waals surface area contributed by atoms with Gasteiger partial charge in [0.1, 0.15) is 23.4 Å². The lowest BCUT2D eigenvalue weighted by molar-refractivity contribution is 0.179. The minimum atomic E-state index is -0.345. The van der Waals surface area contributed by atoms with Crippen LogP contribution in [0.2, 0.25) is 0 Å². The molecule has 0 aliphatic carbocycles. The van der Waals surface area contributed by atoms with Gasteiger partial charge in [-0.05, 0) is 36.8 Å². The Hall–Kier alpha value is -2.07. The molecule has 0 aliphatic heterocycles. The summed E-state index contributed by atoms with van der Waals surface area (Å²) in [7, 11) is 1.61. The number of halogens is 1. The van der Waals surface area contributed by atoms with E-state index in [1.165, 1.54) is 12.1 Å². The number of nitrogens with two attached hydrogens (primary N) is 1. The van der Waals surface area contributed by atoms with Gasteiger partial charge >= 0.3 is 0 Å². The zero-order valence-corrected chi connectivity index (χ0v) is 11.5. The van der Waals surface area contributed by atoms with Crippen molar-refractivity contribution in [1.82, 2.24) is 0 Å². The smallest absolute Gasteiger partial charge is 0.138 e. The van der Waals surface area contributed by atoms with Crippen LogP contribution in [0.3, 0.4) is 0 Å². The van der Waals surface area contributed by atoms with Crippen LogP contribution in [0.5, 0.6) is 11.5 Å². The van der Waals surface area contributed by atoms with E-state index in [0.29, 0.717) is 5.75 Å². The van der Waals surface area contributed by atoms with E-state index in [1.807, 2.05) is 31.2 Å². The summed E-state index contributed by atoms with van der Waals surface area (Å²) in [6.45, 7) is 1.86. The molecule has 4 heteroatoms. The van der Waals surface area contributed by atoms with Gasteiger partial charge in [0.05, 0.1) is 7.11 Å². The molecular weight excluding hydrogens is 257 g/mol.